The smallest absolute Gasteiger partial charge is 0.0915 e. The molecule has 4 nitrogen and oxygen atoms in total. The average molecular weight is 671 g/mol. The van der Waals surface area contributed by atoms with Crippen molar-refractivity contribution in [2.24, 2.45) is 0 Å². The largest absolute Gasteiger partial charge is 1.00 e. The van der Waals surface area contributed by atoms with Crippen LogP contribution < -0.4 is 34.0 Å². The predicted octanol–water partition coefficient (Wildman–Crippen LogP) is 1.05. The van der Waals surface area contributed by atoms with Crippen LogP contribution in [-0.4, -0.2) is 110 Å². The molecule has 232 valence electrons. The Kier molecular flexibility index (Phi) is 27.5. The highest BCUT2D eigenvalue weighted by Gasteiger charge is 2.27. The van der Waals surface area contributed by atoms with E-state index in [9.17, 15) is 0 Å². The van der Waals surface area contributed by atoms with Gasteiger partial charge in [-0.25, -0.2) is 0 Å². The molecular weight excluding hydrogens is 600 g/mol. The molecule has 0 saturated carbocycles. The molecule has 1 fully saturated rings. The molecule has 0 atom stereocenters. The third-order valence-electron chi connectivity index (χ3n) is 9.90. The topological polar surface area (TPSA) is 6.48 Å². The van der Waals surface area contributed by atoms with Crippen molar-refractivity contribution in [3.63, 3.8) is 0 Å². The Labute approximate surface area is 262 Å². The highest BCUT2D eigenvalue weighted by atomic mass is 79.9. The minimum Gasteiger partial charge on any atom is -1.00 e. The number of nitrogens with zero attached hydrogens (tertiary/aromatic N) is 4. The molecule has 1 aliphatic heterocycles. The summed E-state index contributed by atoms with van der Waals surface area (Å²) in [5, 5.41) is 0. The van der Waals surface area contributed by atoms with E-state index < -0.39 is 0 Å². The monoisotopic (exact) mass is 668 g/mol. The van der Waals surface area contributed by atoms with Gasteiger partial charge in [0.1, 0.15) is 0 Å². The molecule has 0 aromatic heterocycles. The van der Waals surface area contributed by atoms with E-state index in [1.165, 1.54) is 178 Å². The van der Waals surface area contributed by atoms with E-state index in [0.29, 0.717) is 0 Å². The first-order valence-corrected chi connectivity index (χ1v) is 16.7. The fourth-order valence-corrected chi connectivity index (χ4v) is 6.33. The summed E-state index contributed by atoms with van der Waals surface area (Å²) in [7, 11) is 0. The number of hydrogen-bond acceptors (Lipinski definition) is 2. The van der Waals surface area contributed by atoms with Gasteiger partial charge in [-0.3, -0.25) is 9.80 Å². The van der Waals surface area contributed by atoms with Crippen LogP contribution in [0.5, 0.6) is 0 Å². The maximum Gasteiger partial charge on any atom is 0.0915 e. The van der Waals surface area contributed by atoms with E-state index in [-0.39, 0.29) is 34.0 Å². The van der Waals surface area contributed by atoms with Crippen molar-refractivity contribution in [1.82, 2.24) is 9.80 Å². The number of hydrogen-bond donors (Lipinski definition) is 0. The lowest BCUT2D eigenvalue weighted by molar-refractivity contribution is -0.924. The third-order valence-corrected chi connectivity index (χ3v) is 9.90. The minimum atomic E-state index is 0. The zero-order valence-electron chi connectivity index (χ0n) is 26.9. The second-order valence-electron chi connectivity index (χ2n) is 12.1. The zero-order chi connectivity index (χ0) is 26.5. The maximum atomic E-state index is 2.77. The molecule has 0 aromatic rings. The Morgan fingerprint density at radius 1 is 0.395 bits per heavy atom. The van der Waals surface area contributed by atoms with Gasteiger partial charge >= 0.3 is 0 Å². The number of piperazine rings is 1. The highest BCUT2D eigenvalue weighted by Crippen LogP contribution is 2.15. The first-order valence-electron chi connectivity index (χ1n) is 16.7. The summed E-state index contributed by atoms with van der Waals surface area (Å²) < 4.78 is 2.67. The third kappa shape index (κ3) is 16.9. The summed E-state index contributed by atoms with van der Waals surface area (Å²) in [6, 6.07) is 0. The molecule has 0 unspecified atom stereocenters. The number of rotatable bonds is 24. The molecule has 6 heteroatoms. The van der Waals surface area contributed by atoms with Gasteiger partial charge < -0.3 is 42.9 Å². The van der Waals surface area contributed by atoms with Gasteiger partial charge in [0.25, 0.3) is 0 Å². The molecule has 1 rings (SSSR count). The van der Waals surface area contributed by atoms with Gasteiger partial charge in [0.05, 0.1) is 52.4 Å². The van der Waals surface area contributed by atoms with E-state index in [1.807, 2.05) is 0 Å². The fraction of sp³-hybridized carbons (Fsp3) is 1.00. The number of quaternary nitrogens is 2. The van der Waals surface area contributed by atoms with Gasteiger partial charge in [-0.2, -0.15) is 0 Å². The van der Waals surface area contributed by atoms with Crippen molar-refractivity contribution < 1.29 is 42.9 Å². The molecule has 0 aromatic carbocycles. The van der Waals surface area contributed by atoms with Gasteiger partial charge in [0.15, 0.2) is 0 Å². The lowest BCUT2D eigenvalue weighted by Gasteiger charge is -2.42. The van der Waals surface area contributed by atoms with Crippen molar-refractivity contribution in [2.75, 3.05) is 91.6 Å². The van der Waals surface area contributed by atoms with Gasteiger partial charge in [-0.15, -0.1) is 0 Å². The second-order valence-corrected chi connectivity index (χ2v) is 12.1. The maximum absolute atomic E-state index is 2.77. The van der Waals surface area contributed by atoms with Gasteiger partial charge in [0.2, 0.25) is 0 Å². The molecule has 0 amide bonds. The molecule has 0 N–H and O–H groups in total. The summed E-state index contributed by atoms with van der Waals surface area (Å²) >= 11 is 0. The van der Waals surface area contributed by atoms with E-state index >= 15 is 0 Å². The lowest BCUT2D eigenvalue weighted by atomic mass is 10.1. The summed E-state index contributed by atoms with van der Waals surface area (Å²) in [6.45, 7) is 32.8. The SMILES string of the molecule is CCCCCCCC[N+](CC)(CC)CCN1CCN(CC[N+](CC)(CC)CCCCCCCC)CC1.[Br-].[Br-]. The molecule has 0 radical (unpaired) electrons. The summed E-state index contributed by atoms with van der Waals surface area (Å²) in [4.78, 5) is 5.54. The van der Waals surface area contributed by atoms with Crippen LogP contribution in [0, 0.1) is 0 Å². The van der Waals surface area contributed by atoms with E-state index in [1.54, 1.807) is 0 Å². The molecule has 1 aliphatic rings. The Bertz CT molecular complexity index is 446. The van der Waals surface area contributed by atoms with Crippen molar-refractivity contribution in [3.8, 4) is 0 Å². The molecule has 0 aliphatic carbocycles. The molecule has 0 spiro atoms. The van der Waals surface area contributed by atoms with Crippen LogP contribution >= 0.6 is 0 Å². The lowest BCUT2D eigenvalue weighted by Crippen LogP contribution is -3.00. The van der Waals surface area contributed by atoms with Crippen LogP contribution in [0.2, 0.25) is 0 Å². The first-order chi connectivity index (χ1) is 17.5. The number of halogens is 2. The van der Waals surface area contributed by atoms with Crippen LogP contribution in [-0.2, 0) is 0 Å². The summed E-state index contributed by atoms with van der Waals surface area (Å²) in [5.74, 6) is 0. The van der Waals surface area contributed by atoms with Crippen molar-refractivity contribution >= 4 is 0 Å². The number of unbranched alkanes of at least 4 members (excludes halogenated alkanes) is 10. The van der Waals surface area contributed by atoms with Gasteiger partial charge in [0, 0.05) is 39.3 Å². The molecule has 38 heavy (non-hydrogen) atoms. The van der Waals surface area contributed by atoms with Crippen LogP contribution in [0.3, 0.4) is 0 Å². The molecule has 1 saturated heterocycles. The van der Waals surface area contributed by atoms with Gasteiger partial charge in [-0.05, 0) is 53.4 Å². The molecular formula is C32H70Br2N4. The Morgan fingerprint density at radius 2 is 0.684 bits per heavy atom. The average Bonchev–Trinajstić information content (AvgIpc) is 2.92. The minimum absolute atomic E-state index is 0. The second kappa shape index (κ2) is 25.5. The highest BCUT2D eigenvalue weighted by molar-refractivity contribution is 4.72. The van der Waals surface area contributed by atoms with Crippen molar-refractivity contribution in [2.45, 2.75) is 119 Å². The van der Waals surface area contributed by atoms with E-state index in [0.717, 1.165) is 0 Å². The first kappa shape index (κ1) is 40.9. The molecule has 1 heterocycles. The zero-order valence-corrected chi connectivity index (χ0v) is 30.1. The normalized spacial score (nSPS) is 15.3. The summed E-state index contributed by atoms with van der Waals surface area (Å²) in [5.41, 5.74) is 0. The van der Waals surface area contributed by atoms with Crippen molar-refractivity contribution in [3.05, 3.63) is 0 Å². The van der Waals surface area contributed by atoms with Gasteiger partial charge in [-0.1, -0.05) is 65.2 Å². The van der Waals surface area contributed by atoms with E-state index in [2.05, 4.69) is 51.3 Å². The predicted molar refractivity (Wildman–Crippen MR) is 162 cm³/mol. The van der Waals surface area contributed by atoms with Crippen LogP contribution in [0.4, 0.5) is 0 Å². The van der Waals surface area contributed by atoms with Crippen LogP contribution in [0.25, 0.3) is 0 Å². The summed E-state index contributed by atoms with van der Waals surface area (Å²) in [6.07, 6.45) is 17.0. The Hall–Kier alpha value is 0.800. The standard InChI is InChI=1S/C32H70N4.2BrH/c1-7-13-15-17-19-21-29-35(9-3,10-4)31-27-33-23-25-34(26-24-33)28-32-36(11-5,12-6)30-22-20-18-16-14-8-2;;/h7-32H2,1-6H3;2*1H/q+2;;/p-2. The Morgan fingerprint density at radius 3 is 0.974 bits per heavy atom. The molecule has 0 bridgehead atoms. The van der Waals surface area contributed by atoms with Crippen molar-refractivity contribution in [1.29, 1.82) is 0 Å². The quantitative estimate of drug-likeness (QED) is 0.112. The van der Waals surface area contributed by atoms with E-state index in [4.69, 9.17) is 0 Å². The number of likely N-dealkylation sites (N-methyl/N-ethyl adjacent to an activating group) is 2. The van der Waals surface area contributed by atoms with Crippen LogP contribution in [0.15, 0.2) is 0 Å². The fourth-order valence-electron chi connectivity index (χ4n) is 6.33. The Balaban J connectivity index is 0. The van der Waals surface area contributed by atoms with Crippen LogP contribution in [0.1, 0.15) is 119 Å².